The lowest BCUT2D eigenvalue weighted by atomic mass is 10.1. The van der Waals surface area contributed by atoms with Crippen LogP contribution >= 0.6 is 11.6 Å². The number of nitrogens with zero attached hydrogens (tertiary/aromatic N) is 2. The molecule has 2 aromatic carbocycles. The fourth-order valence-electron chi connectivity index (χ4n) is 2.83. The molecule has 0 atom stereocenters. The molecular weight excluding hydrogens is 347 g/mol. The third kappa shape index (κ3) is 3.17. The van der Waals surface area contributed by atoms with E-state index in [4.69, 9.17) is 16.3 Å². The summed E-state index contributed by atoms with van der Waals surface area (Å²) in [4.78, 5) is 27.6. The van der Waals surface area contributed by atoms with Gasteiger partial charge in [-0.1, -0.05) is 17.7 Å². The average molecular weight is 363 g/mol. The summed E-state index contributed by atoms with van der Waals surface area (Å²) in [6.45, 7) is 0.131. The number of amides is 1. The Morgan fingerprint density at radius 2 is 2.04 bits per heavy atom. The number of fused-ring (bicyclic) bond motifs is 1. The first kappa shape index (κ1) is 17.2. The summed E-state index contributed by atoms with van der Waals surface area (Å²) >= 11 is 6.09. The number of carbonyl (C=O) groups excluding carboxylic acids is 2. The summed E-state index contributed by atoms with van der Waals surface area (Å²) in [5.41, 5.74) is 1.83. The van der Waals surface area contributed by atoms with Crippen molar-refractivity contribution in [1.82, 2.24) is 0 Å². The Bertz CT molecular complexity index is 836. The maximum absolute atomic E-state index is 14.1. The molecule has 0 saturated heterocycles. The Hall–Kier alpha value is -2.60. The molecule has 130 valence electrons. The van der Waals surface area contributed by atoms with Gasteiger partial charge in [-0.05, 0) is 30.3 Å². The minimum Gasteiger partial charge on any atom is -0.465 e. The van der Waals surface area contributed by atoms with Gasteiger partial charge < -0.3 is 14.5 Å². The lowest BCUT2D eigenvalue weighted by Crippen LogP contribution is -2.44. The lowest BCUT2D eigenvalue weighted by molar-refractivity contribution is -0.117. The number of carbonyl (C=O) groups is 2. The monoisotopic (exact) mass is 362 g/mol. The Balaban J connectivity index is 2.07. The van der Waals surface area contributed by atoms with Gasteiger partial charge in [-0.2, -0.15) is 0 Å². The van der Waals surface area contributed by atoms with Crippen molar-refractivity contribution >= 4 is 34.9 Å². The van der Waals surface area contributed by atoms with Crippen LogP contribution in [0.4, 0.5) is 15.8 Å². The zero-order valence-electron chi connectivity index (χ0n) is 13.8. The predicted octanol–water partition coefficient (Wildman–Crippen LogP) is 3.25. The van der Waals surface area contributed by atoms with Crippen molar-refractivity contribution in [3.8, 4) is 0 Å². The van der Waals surface area contributed by atoms with Crippen LogP contribution < -0.4 is 9.80 Å². The van der Waals surface area contributed by atoms with Gasteiger partial charge in [0, 0.05) is 17.6 Å². The number of benzene rings is 2. The molecule has 0 fully saturated rings. The summed E-state index contributed by atoms with van der Waals surface area (Å²) in [6, 6.07) is 9.33. The fourth-order valence-corrected chi connectivity index (χ4v) is 3.05. The number of hydrogen-bond acceptors (Lipinski definition) is 4. The molecule has 5 nitrogen and oxygen atoms in total. The molecule has 0 bridgehead atoms. The molecule has 7 heteroatoms. The molecule has 3 rings (SSSR count). The minimum atomic E-state index is -0.507. The fraction of sp³-hybridized carbons (Fsp3) is 0.222. The van der Waals surface area contributed by atoms with Crippen LogP contribution in [0.1, 0.15) is 15.9 Å². The van der Waals surface area contributed by atoms with E-state index < -0.39 is 11.8 Å². The molecule has 0 aliphatic carbocycles. The molecule has 0 aromatic heterocycles. The topological polar surface area (TPSA) is 49.9 Å². The maximum Gasteiger partial charge on any atom is 0.337 e. The van der Waals surface area contributed by atoms with Gasteiger partial charge in [0.1, 0.15) is 5.82 Å². The molecule has 1 heterocycles. The summed E-state index contributed by atoms with van der Waals surface area (Å²) < 4.78 is 18.9. The van der Waals surface area contributed by atoms with Gasteiger partial charge >= 0.3 is 5.97 Å². The van der Waals surface area contributed by atoms with E-state index in [0.717, 1.165) is 5.69 Å². The van der Waals surface area contributed by atoms with Gasteiger partial charge in [0.15, 0.2) is 0 Å². The number of methoxy groups -OCH3 is 1. The van der Waals surface area contributed by atoms with Crippen molar-refractivity contribution in [2.45, 2.75) is 6.54 Å². The highest BCUT2D eigenvalue weighted by atomic mass is 35.5. The van der Waals surface area contributed by atoms with Gasteiger partial charge in [0.25, 0.3) is 0 Å². The average Bonchev–Trinajstić information content (AvgIpc) is 2.59. The van der Waals surface area contributed by atoms with Crippen LogP contribution in [0.3, 0.4) is 0 Å². The van der Waals surface area contributed by atoms with Gasteiger partial charge in [-0.25, -0.2) is 9.18 Å². The maximum atomic E-state index is 14.1. The van der Waals surface area contributed by atoms with E-state index in [1.165, 1.54) is 24.1 Å². The van der Waals surface area contributed by atoms with Gasteiger partial charge in [-0.3, -0.25) is 4.79 Å². The lowest BCUT2D eigenvalue weighted by Gasteiger charge is -2.35. The number of rotatable bonds is 3. The molecule has 0 radical (unpaired) electrons. The van der Waals surface area contributed by atoms with Crippen molar-refractivity contribution in [3.05, 3.63) is 58.4 Å². The first-order valence-corrected chi connectivity index (χ1v) is 7.97. The zero-order valence-corrected chi connectivity index (χ0v) is 14.5. The van der Waals surface area contributed by atoms with Crippen LogP contribution in [0.5, 0.6) is 0 Å². The Morgan fingerprint density at radius 3 is 2.72 bits per heavy atom. The van der Waals surface area contributed by atoms with E-state index in [1.807, 2.05) is 0 Å². The van der Waals surface area contributed by atoms with E-state index in [-0.39, 0.29) is 29.6 Å². The van der Waals surface area contributed by atoms with E-state index in [0.29, 0.717) is 11.3 Å². The first-order valence-electron chi connectivity index (χ1n) is 7.59. The molecule has 0 spiro atoms. The van der Waals surface area contributed by atoms with Gasteiger partial charge in [0.2, 0.25) is 5.91 Å². The number of hydrogen-bond donors (Lipinski definition) is 0. The molecule has 0 unspecified atom stereocenters. The van der Waals surface area contributed by atoms with Crippen LogP contribution in [0, 0.1) is 5.82 Å². The Morgan fingerprint density at radius 1 is 1.28 bits per heavy atom. The summed E-state index contributed by atoms with van der Waals surface area (Å²) in [6.07, 6.45) is 0. The minimum absolute atomic E-state index is 0.0180. The molecule has 2 aromatic rings. The normalized spacial score (nSPS) is 13.7. The second-order valence-corrected chi connectivity index (χ2v) is 6.14. The smallest absolute Gasteiger partial charge is 0.337 e. The van der Waals surface area contributed by atoms with Crippen LogP contribution in [0.15, 0.2) is 36.4 Å². The Kier molecular flexibility index (Phi) is 4.63. The van der Waals surface area contributed by atoms with Crippen molar-refractivity contribution in [2.24, 2.45) is 0 Å². The van der Waals surface area contributed by atoms with Gasteiger partial charge in [0.05, 0.1) is 37.1 Å². The molecular formula is C18H16ClFN2O3. The van der Waals surface area contributed by atoms with Crippen molar-refractivity contribution in [2.75, 3.05) is 30.5 Å². The van der Waals surface area contributed by atoms with Crippen molar-refractivity contribution in [1.29, 1.82) is 0 Å². The second-order valence-electron chi connectivity index (χ2n) is 5.73. The molecule has 1 aliphatic heterocycles. The quantitative estimate of drug-likeness (QED) is 0.786. The third-order valence-electron chi connectivity index (χ3n) is 4.15. The SMILES string of the molecule is COC(=O)c1ccc2c(c1)N(Cc1c(F)cccc1Cl)C(=O)CN2C. The molecule has 0 saturated carbocycles. The Labute approximate surface area is 149 Å². The largest absolute Gasteiger partial charge is 0.465 e. The van der Waals surface area contributed by atoms with Crippen LogP contribution in [0.25, 0.3) is 0 Å². The van der Waals surface area contributed by atoms with Crippen molar-refractivity contribution in [3.63, 3.8) is 0 Å². The molecule has 0 N–H and O–H groups in total. The number of likely N-dealkylation sites (N-methyl/N-ethyl adjacent to an activating group) is 1. The highest BCUT2D eigenvalue weighted by Gasteiger charge is 2.29. The van der Waals surface area contributed by atoms with Crippen molar-refractivity contribution < 1.29 is 18.7 Å². The zero-order chi connectivity index (χ0) is 18.1. The van der Waals surface area contributed by atoms with E-state index in [1.54, 1.807) is 36.2 Å². The third-order valence-corrected chi connectivity index (χ3v) is 4.50. The number of esters is 1. The second kappa shape index (κ2) is 6.72. The predicted molar refractivity (Wildman–Crippen MR) is 93.7 cm³/mol. The number of ether oxygens (including phenoxy) is 1. The first-order chi connectivity index (χ1) is 11.9. The van der Waals surface area contributed by atoms with E-state index in [2.05, 4.69) is 0 Å². The summed E-state index contributed by atoms with van der Waals surface area (Å²) in [5.74, 6) is -1.20. The van der Waals surface area contributed by atoms with Gasteiger partial charge in [-0.15, -0.1) is 0 Å². The highest BCUT2D eigenvalue weighted by molar-refractivity contribution is 6.31. The van der Waals surface area contributed by atoms with E-state index in [9.17, 15) is 14.0 Å². The summed E-state index contributed by atoms with van der Waals surface area (Å²) in [7, 11) is 3.07. The molecule has 1 aliphatic rings. The molecule has 1 amide bonds. The van der Waals surface area contributed by atoms with Crippen LogP contribution in [-0.4, -0.2) is 32.6 Å². The number of anilines is 2. The highest BCUT2D eigenvalue weighted by Crippen LogP contribution is 2.36. The van der Waals surface area contributed by atoms with Crippen LogP contribution in [0.2, 0.25) is 5.02 Å². The van der Waals surface area contributed by atoms with Crippen LogP contribution in [-0.2, 0) is 16.1 Å². The number of halogens is 2. The standard InChI is InChI=1S/C18H16ClFN2O3/c1-21-10-17(23)22(9-12-13(19)4-3-5-14(12)20)16-8-11(18(24)25-2)6-7-15(16)21/h3-8H,9-10H2,1-2H3. The summed E-state index contributed by atoms with van der Waals surface area (Å²) in [5, 5.41) is 0.248. The molecule has 25 heavy (non-hydrogen) atoms. The van der Waals surface area contributed by atoms with E-state index >= 15 is 0 Å².